The van der Waals surface area contributed by atoms with Gasteiger partial charge in [0.1, 0.15) is 11.5 Å². The SMILES string of the molecule is [3H]n1nnc2c1-c1ccccc1CN(C(=O)CCC(=O)C(C)C)c1ccccc1-2. The normalized spacial score (nSPS) is 13.1. The number of anilines is 1. The molecule has 3 aromatic rings. The molecule has 4 rings (SSSR count). The maximum Gasteiger partial charge on any atom is 0.227 e. The smallest absolute Gasteiger partial charge is 0.227 e. The summed E-state index contributed by atoms with van der Waals surface area (Å²) < 4.78 is 8.18. The number of nitrogens with zero attached hydrogens (tertiary/aromatic N) is 3. The lowest BCUT2D eigenvalue weighted by Gasteiger charge is -2.28. The summed E-state index contributed by atoms with van der Waals surface area (Å²) in [6.07, 6.45) is 0.385. The van der Waals surface area contributed by atoms with Crippen molar-refractivity contribution in [1.82, 2.24) is 15.4 Å². The number of H-pyrrole nitrogens is 1. The van der Waals surface area contributed by atoms with Crippen molar-refractivity contribution in [3.63, 3.8) is 0 Å². The van der Waals surface area contributed by atoms with E-state index in [0.717, 1.165) is 21.8 Å². The number of rotatable bonds is 4. The van der Waals surface area contributed by atoms with Gasteiger partial charge in [-0.15, -0.1) is 5.10 Å². The van der Waals surface area contributed by atoms with Gasteiger partial charge >= 0.3 is 0 Å². The fourth-order valence-corrected chi connectivity index (χ4v) is 3.50. The number of carbonyl (C=O) groups is 2. The number of hydrogen-bond acceptors (Lipinski definition) is 4. The Bertz CT molecular complexity index is 1090. The molecule has 1 aliphatic heterocycles. The van der Waals surface area contributed by atoms with Crippen LogP contribution in [0.1, 0.15) is 32.3 Å². The number of fused-ring (bicyclic) bond motifs is 5. The number of carbonyl (C=O) groups excluding carboxylic acids is 2. The van der Waals surface area contributed by atoms with E-state index in [2.05, 4.69) is 10.3 Å². The number of nitrogens with one attached hydrogen (secondary N) is 1. The van der Waals surface area contributed by atoms with E-state index >= 15 is 0 Å². The number of hydrogen-bond donors (Lipinski definition) is 1. The molecule has 0 saturated heterocycles. The quantitative estimate of drug-likeness (QED) is 0.747. The topological polar surface area (TPSA) is 79.0 Å². The molecule has 0 bridgehead atoms. The van der Waals surface area contributed by atoms with Gasteiger partial charge in [-0.05, 0) is 11.6 Å². The molecule has 6 nitrogen and oxygen atoms in total. The average Bonchev–Trinajstić information content (AvgIpc) is 3.09. The monoisotopic (exact) mass is 376 g/mol. The van der Waals surface area contributed by atoms with Crippen LogP contribution in [0.25, 0.3) is 22.5 Å². The molecule has 0 fully saturated rings. The Labute approximate surface area is 165 Å². The van der Waals surface area contributed by atoms with Gasteiger partial charge in [-0.3, -0.25) is 14.7 Å². The molecule has 1 aliphatic rings. The second-order valence-electron chi connectivity index (χ2n) is 7.26. The lowest BCUT2D eigenvalue weighted by molar-refractivity contribution is -0.125. The number of aromatic nitrogens is 3. The van der Waals surface area contributed by atoms with Gasteiger partial charge in [0.05, 0.1) is 17.9 Å². The van der Waals surface area contributed by atoms with Crippen LogP contribution in [-0.4, -0.2) is 27.1 Å². The Morgan fingerprint density at radius 3 is 2.61 bits per heavy atom. The van der Waals surface area contributed by atoms with Gasteiger partial charge in [0.25, 0.3) is 0 Å². The van der Waals surface area contributed by atoms with E-state index in [1.807, 2.05) is 62.4 Å². The molecule has 2 aromatic carbocycles. The molecule has 0 atom stereocenters. The van der Waals surface area contributed by atoms with Crippen molar-refractivity contribution in [2.75, 3.05) is 4.90 Å². The Balaban J connectivity index is 1.82. The molecule has 2 heterocycles. The van der Waals surface area contributed by atoms with Crippen LogP contribution in [0.5, 0.6) is 0 Å². The molecule has 1 amide bonds. The lowest BCUT2D eigenvalue weighted by Crippen LogP contribution is -2.32. The van der Waals surface area contributed by atoms with E-state index in [9.17, 15) is 9.59 Å². The summed E-state index contributed by atoms with van der Waals surface area (Å²) in [6.45, 7) is 4.05. The van der Waals surface area contributed by atoms with Crippen molar-refractivity contribution >= 4 is 17.4 Å². The molecule has 0 spiro atoms. The number of aromatic amines is 1. The zero-order valence-corrected chi connectivity index (χ0v) is 15.9. The van der Waals surface area contributed by atoms with E-state index in [-0.39, 0.29) is 30.4 Å². The van der Waals surface area contributed by atoms with Crippen LogP contribution in [-0.2, 0) is 16.1 Å². The lowest BCUT2D eigenvalue weighted by atomic mass is 9.95. The number of para-hydroxylation sites is 1. The van der Waals surface area contributed by atoms with Crippen molar-refractivity contribution in [1.29, 1.82) is 0 Å². The van der Waals surface area contributed by atoms with Crippen molar-refractivity contribution in [2.45, 2.75) is 33.2 Å². The van der Waals surface area contributed by atoms with Crippen molar-refractivity contribution < 1.29 is 11.0 Å². The minimum absolute atomic E-state index is 0.0820. The standard InChI is InChI=1S/C22H22N4O2/c1-14(2)19(27)11-12-20(28)26-13-15-7-3-4-8-16(15)21-22(24-25-23-21)17-9-5-6-10-18(17)26/h3-10,14H,11-13H2,1-2H3,(H,23,24,25)/i/hT. The van der Waals surface area contributed by atoms with Gasteiger partial charge < -0.3 is 4.90 Å². The van der Waals surface area contributed by atoms with Gasteiger partial charge in [-0.25, -0.2) is 0 Å². The average molecular weight is 376 g/mol. The predicted molar refractivity (Wildman–Crippen MR) is 108 cm³/mol. The zero-order valence-electron chi connectivity index (χ0n) is 16.9. The highest BCUT2D eigenvalue weighted by Gasteiger charge is 2.27. The predicted octanol–water partition coefficient (Wildman–Crippen LogP) is 3.99. The number of benzene rings is 2. The van der Waals surface area contributed by atoms with Gasteiger partial charge in [-0.2, -0.15) is 0 Å². The Kier molecular flexibility index (Phi) is 4.45. The van der Waals surface area contributed by atoms with E-state index in [4.69, 9.17) is 1.41 Å². The molecule has 142 valence electrons. The van der Waals surface area contributed by atoms with Crippen LogP contribution in [0.2, 0.25) is 1.41 Å². The maximum absolute atomic E-state index is 13.2. The van der Waals surface area contributed by atoms with E-state index in [1.165, 1.54) is 0 Å². The molecule has 0 radical (unpaired) electrons. The molecular formula is C22H22N4O2. The van der Waals surface area contributed by atoms with Crippen LogP contribution in [0.4, 0.5) is 5.69 Å². The summed E-state index contributed by atoms with van der Waals surface area (Å²) in [7, 11) is 0. The molecular weight excluding hydrogens is 352 g/mol. The van der Waals surface area contributed by atoms with Gasteiger partial charge in [0.2, 0.25) is 5.91 Å². The Hall–Kier alpha value is -3.28. The first kappa shape index (κ1) is 16.9. The maximum atomic E-state index is 13.2. The van der Waals surface area contributed by atoms with E-state index < -0.39 is 0 Å². The van der Waals surface area contributed by atoms with Crippen molar-refractivity contribution in [3.05, 3.63) is 54.1 Å². The molecule has 28 heavy (non-hydrogen) atoms. The third-order valence-corrected chi connectivity index (χ3v) is 5.09. The van der Waals surface area contributed by atoms with Crippen LogP contribution < -0.4 is 4.90 Å². The van der Waals surface area contributed by atoms with Gasteiger partial charge in [0, 0.05) is 29.9 Å². The van der Waals surface area contributed by atoms with Crippen molar-refractivity contribution in [2.24, 2.45) is 5.92 Å². The first-order valence-corrected chi connectivity index (χ1v) is 9.43. The molecule has 0 unspecified atom stereocenters. The zero-order chi connectivity index (χ0) is 20.5. The van der Waals surface area contributed by atoms with Crippen molar-refractivity contribution in [3.8, 4) is 22.5 Å². The molecule has 0 aliphatic carbocycles. The molecule has 0 saturated carbocycles. The summed E-state index contributed by atoms with van der Waals surface area (Å²) in [5.41, 5.74) is 4.37. The van der Waals surface area contributed by atoms with Crippen LogP contribution in [0, 0.1) is 5.92 Å². The number of Topliss-reactive ketones (excluding diaryl/α,β-unsaturated/α-hetero) is 1. The van der Waals surface area contributed by atoms with Gasteiger partial charge in [-0.1, -0.05) is 61.5 Å². The fourth-order valence-electron chi connectivity index (χ4n) is 3.50. The van der Waals surface area contributed by atoms with E-state index in [0.29, 0.717) is 23.6 Å². The summed E-state index contributed by atoms with van der Waals surface area (Å²) in [5, 5.41) is 9.17. The fraction of sp³-hybridized carbons (Fsp3) is 0.273. The largest absolute Gasteiger partial charge is 0.307 e. The van der Waals surface area contributed by atoms with Gasteiger partial charge in [0.15, 0.2) is 1.41 Å². The highest BCUT2D eigenvalue weighted by Crippen LogP contribution is 2.39. The highest BCUT2D eigenvalue weighted by atomic mass is 16.2. The minimum atomic E-state index is -0.108. The molecule has 1 aromatic heterocycles. The van der Waals surface area contributed by atoms with Crippen LogP contribution in [0.3, 0.4) is 0 Å². The number of amides is 1. The van der Waals surface area contributed by atoms with Crippen LogP contribution in [0.15, 0.2) is 48.5 Å². The van der Waals surface area contributed by atoms with E-state index in [1.54, 1.807) is 4.90 Å². The summed E-state index contributed by atoms with van der Waals surface area (Å²) in [6, 6.07) is 15.2. The first-order valence-electron chi connectivity index (χ1n) is 9.87. The summed E-state index contributed by atoms with van der Waals surface area (Å²) in [5.74, 6) is -0.112. The minimum Gasteiger partial charge on any atom is -0.307 e. The first-order chi connectivity index (χ1) is 14.0. The Morgan fingerprint density at radius 2 is 1.82 bits per heavy atom. The summed E-state index contributed by atoms with van der Waals surface area (Å²) in [4.78, 5) is 26.9. The Morgan fingerprint density at radius 1 is 1.11 bits per heavy atom. The second kappa shape index (κ2) is 7.38. The highest BCUT2D eigenvalue weighted by molar-refractivity contribution is 6.01. The summed E-state index contributed by atoms with van der Waals surface area (Å²) >= 11 is 0. The third-order valence-electron chi connectivity index (χ3n) is 5.09. The second-order valence-corrected chi connectivity index (χ2v) is 7.26. The third kappa shape index (κ3) is 3.22. The number of ketones is 1. The molecule has 6 heteroatoms. The van der Waals surface area contributed by atoms with Crippen LogP contribution >= 0.6 is 0 Å². The molecule has 1 N–H and O–H groups in total.